The van der Waals surface area contributed by atoms with Crippen molar-refractivity contribution in [3.05, 3.63) is 35.4 Å². The Morgan fingerprint density at radius 1 is 1.33 bits per heavy atom. The maximum atomic E-state index is 12.0. The molecule has 0 fully saturated rings. The Balaban J connectivity index is 1.90. The Hall–Kier alpha value is -2.11. The number of hydrogen-bond acceptors (Lipinski definition) is 3. The van der Waals surface area contributed by atoms with Crippen LogP contribution in [0.5, 0.6) is 0 Å². The predicted molar refractivity (Wildman–Crippen MR) is 80.8 cm³/mol. The van der Waals surface area contributed by atoms with E-state index in [0.29, 0.717) is 13.0 Å². The van der Waals surface area contributed by atoms with E-state index in [1.54, 1.807) is 6.20 Å². The zero-order chi connectivity index (χ0) is 15.4. The largest absolute Gasteiger partial charge is 0.349 e. The Morgan fingerprint density at radius 2 is 2.10 bits per heavy atom. The van der Waals surface area contributed by atoms with Crippen LogP contribution in [0.25, 0.3) is 0 Å². The van der Waals surface area contributed by atoms with Crippen molar-refractivity contribution in [3.8, 4) is 0 Å². The van der Waals surface area contributed by atoms with Crippen molar-refractivity contribution < 1.29 is 4.79 Å². The summed E-state index contributed by atoms with van der Waals surface area (Å²) in [5.41, 5.74) is 3.24. The maximum Gasteiger partial charge on any atom is 0.222 e. The fourth-order valence-electron chi connectivity index (χ4n) is 2.44. The van der Waals surface area contributed by atoms with Crippen molar-refractivity contribution in [3.63, 3.8) is 0 Å². The van der Waals surface area contributed by atoms with Gasteiger partial charge in [0.2, 0.25) is 5.91 Å². The summed E-state index contributed by atoms with van der Waals surface area (Å²) in [5, 5.41) is 11.5. The third-order valence-electron chi connectivity index (χ3n) is 3.76. The first-order valence-corrected chi connectivity index (χ1v) is 7.33. The lowest BCUT2D eigenvalue weighted by molar-refractivity contribution is -0.122. The molecule has 21 heavy (non-hydrogen) atoms. The minimum absolute atomic E-state index is 0.0287. The fraction of sp³-hybridized carbons (Fsp3) is 0.533. The van der Waals surface area contributed by atoms with E-state index in [-0.39, 0.29) is 11.9 Å². The molecule has 1 N–H and O–H groups in total. The molecule has 0 aliphatic heterocycles. The molecule has 2 aromatic heterocycles. The second-order valence-electron chi connectivity index (χ2n) is 5.24. The predicted octanol–water partition coefficient (Wildman–Crippen LogP) is 1.98. The molecular weight excluding hydrogens is 266 g/mol. The molecule has 0 bridgehead atoms. The fourth-order valence-corrected chi connectivity index (χ4v) is 2.44. The van der Waals surface area contributed by atoms with E-state index in [1.807, 2.05) is 42.4 Å². The summed E-state index contributed by atoms with van der Waals surface area (Å²) in [6.45, 7) is 9.49. The molecule has 0 saturated heterocycles. The number of rotatable bonds is 6. The Labute approximate surface area is 125 Å². The van der Waals surface area contributed by atoms with Crippen LogP contribution in [-0.4, -0.2) is 25.5 Å². The van der Waals surface area contributed by atoms with Gasteiger partial charge in [0.25, 0.3) is 0 Å². The van der Waals surface area contributed by atoms with Gasteiger partial charge in [0.15, 0.2) is 0 Å². The maximum absolute atomic E-state index is 12.0. The van der Waals surface area contributed by atoms with Crippen molar-refractivity contribution in [2.75, 3.05) is 0 Å². The lowest BCUT2D eigenvalue weighted by Crippen LogP contribution is -2.28. The average molecular weight is 289 g/mol. The molecule has 0 radical (unpaired) electrons. The van der Waals surface area contributed by atoms with Gasteiger partial charge in [-0.1, -0.05) is 0 Å². The van der Waals surface area contributed by atoms with Gasteiger partial charge in [-0.3, -0.25) is 14.2 Å². The normalized spacial score (nSPS) is 12.4. The molecular formula is C15H23N5O. The van der Waals surface area contributed by atoms with Crippen LogP contribution in [0.15, 0.2) is 18.5 Å². The second-order valence-corrected chi connectivity index (χ2v) is 5.24. The zero-order valence-corrected chi connectivity index (χ0v) is 13.1. The molecule has 2 rings (SSSR count). The summed E-state index contributed by atoms with van der Waals surface area (Å²) in [7, 11) is 0. The van der Waals surface area contributed by atoms with Gasteiger partial charge in [0.05, 0.1) is 12.2 Å². The van der Waals surface area contributed by atoms with Gasteiger partial charge < -0.3 is 5.32 Å². The van der Waals surface area contributed by atoms with Gasteiger partial charge in [0.1, 0.15) is 0 Å². The highest BCUT2D eigenvalue weighted by Crippen LogP contribution is 2.16. The van der Waals surface area contributed by atoms with E-state index >= 15 is 0 Å². The van der Waals surface area contributed by atoms with Crippen LogP contribution < -0.4 is 5.32 Å². The van der Waals surface area contributed by atoms with Crippen LogP contribution in [0.2, 0.25) is 0 Å². The molecule has 0 aromatic carbocycles. The lowest BCUT2D eigenvalue weighted by atomic mass is 10.1. The van der Waals surface area contributed by atoms with Crippen molar-refractivity contribution in [1.82, 2.24) is 24.9 Å². The van der Waals surface area contributed by atoms with E-state index in [2.05, 4.69) is 22.4 Å². The summed E-state index contributed by atoms with van der Waals surface area (Å²) >= 11 is 0. The van der Waals surface area contributed by atoms with E-state index < -0.39 is 0 Å². The van der Waals surface area contributed by atoms with Gasteiger partial charge in [-0.2, -0.15) is 10.2 Å². The molecule has 0 aliphatic rings. The molecule has 0 aliphatic carbocycles. The standard InChI is InChI=1S/C15H23N5O/c1-5-19-13(4)14(10-17-19)12(3)18-15(21)7-9-20-11(2)6-8-16-20/h6,8,10,12H,5,7,9H2,1-4H3,(H,18,21). The van der Waals surface area contributed by atoms with E-state index in [4.69, 9.17) is 0 Å². The van der Waals surface area contributed by atoms with Crippen molar-refractivity contribution in [2.45, 2.75) is 53.2 Å². The molecule has 0 saturated carbocycles. The number of hydrogen-bond donors (Lipinski definition) is 1. The summed E-state index contributed by atoms with van der Waals surface area (Å²) < 4.78 is 3.77. The Kier molecular flexibility index (Phi) is 4.77. The van der Waals surface area contributed by atoms with E-state index in [0.717, 1.165) is 23.5 Å². The van der Waals surface area contributed by atoms with Crippen LogP contribution in [-0.2, 0) is 17.9 Å². The summed E-state index contributed by atoms with van der Waals surface area (Å²) in [6.07, 6.45) is 4.01. The SMILES string of the molecule is CCn1ncc(C(C)NC(=O)CCn2nccc2C)c1C. The van der Waals surface area contributed by atoms with Crippen LogP contribution in [0.4, 0.5) is 0 Å². The smallest absolute Gasteiger partial charge is 0.222 e. The highest BCUT2D eigenvalue weighted by molar-refractivity contribution is 5.76. The first kappa shape index (κ1) is 15.3. The monoisotopic (exact) mass is 289 g/mol. The van der Waals surface area contributed by atoms with Gasteiger partial charge in [-0.15, -0.1) is 0 Å². The number of aromatic nitrogens is 4. The van der Waals surface area contributed by atoms with Gasteiger partial charge in [-0.25, -0.2) is 0 Å². The second kappa shape index (κ2) is 6.56. The van der Waals surface area contributed by atoms with Crippen LogP contribution in [0, 0.1) is 13.8 Å². The highest BCUT2D eigenvalue weighted by atomic mass is 16.1. The van der Waals surface area contributed by atoms with Crippen LogP contribution in [0.1, 0.15) is 43.3 Å². The summed E-state index contributed by atoms with van der Waals surface area (Å²) in [6, 6.07) is 1.90. The van der Waals surface area contributed by atoms with Crippen molar-refractivity contribution in [1.29, 1.82) is 0 Å². The van der Waals surface area contributed by atoms with Crippen molar-refractivity contribution in [2.24, 2.45) is 0 Å². The van der Waals surface area contributed by atoms with E-state index in [9.17, 15) is 4.79 Å². The Bertz CT molecular complexity index is 613. The van der Waals surface area contributed by atoms with Crippen LogP contribution in [0.3, 0.4) is 0 Å². The number of carbonyl (C=O) groups is 1. The number of amides is 1. The first-order valence-electron chi connectivity index (χ1n) is 7.33. The topological polar surface area (TPSA) is 64.7 Å². The third kappa shape index (κ3) is 3.51. The molecule has 1 atom stereocenters. The number of nitrogens with one attached hydrogen (secondary N) is 1. The van der Waals surface area contributed by atoms with Gasteiger partial charge >= 0.3 is 0 Å². The molecule has 6 nitrogen and oxygen atoms in total. The minimum Gasteiger partial charge on any atom is -0.349 e. The first-order chi connectivity index (χ1) is 10.0. The molecule has 2 aromatic rings. The summed E-state index contributed by atoms with van der Waals surface area (Å²) in [5.74, 6) is 0.0287. The quantitative estimate of drug-likeness (QED) is 0.884. The number of carbonyl (C=O) groups excluding carboxylic acids is 1. The number of aryl methyl sites for hydroxylation is 3. The minimum atomic E-state index is -0.0310. The molecule has 2 heterocycles. The van der Waals surface area contributed by atoms with E-state index in [1.165, 1.54) is 0 Å². The van der Waals surface area contributed by atoms with Crippen LogP contribution >= 0.6 is 0 Å². The third-order valence-corrected chi connectivity index (χ3v) is 3.76. The molecule has 114 valence electrons. The molecule has 1 amide bonds. The highest BCUT2D eigenvalue weighted by Gasteiger charge is 2.15. The van der Waals surface area contributed by atoms with Gasteiger partial charge in [-0.05, 0) is 33.8 Å². The molecule has 6 heteroatoms. The zero-order valence-electron chi connectivity index (χ0n) is 13.1. The molecule has 1 unspecified atom stereocenters. The lowest BCUT2D eigenvalue weighted by Gasteiger charge is -2.14. The van der Waals surface area contributed by atoms with Crippen molar-refractivity contribution >= 4 is 5.91 Å². The average Bonchev–Trinajstić information content (AvgIpc) is 3.02. The summed E-state index contributed by atoms with van der Waals surface area (Å²) in [4.78, 5) is 12.0. The Morgan fingerprint density at radius 3 is 2.67 bits per heavy atom. The number of nitrogens with zero attached hydrogens (tertiary/aromatic N) is 4. The van der Waals surface area contributed by atoms with Gasteiger partial charge in [0, 0.05) is 42.7 Å². The molecule has 0 spiro atoms.